The van der Waals surface area contributed by atoms with Crippen molar-refractivity contribution >= 4 is 11.6 Å². The van der Waals surface area contributed by atoms with Crippen molar-refractivity contribution in [2.24, 2.45) is 5.41 Å². The molecule has 0 fully saturated rings. The van der Waals surface area contributed by atoms with Crippen molar-refractivity contribution in [3.8, 4) is 5.75 Å². The molecule has 0 radical (unpaired) electrons. The van der Waals surface area contributed by atoms with Crippen LogP contribution in [0, 0.1) is 5.41 Å². The molecule has 0 spiro atoms. The van der Waals surface area contributed by atoms with Crippen LogP contribution in [0.25, 0.3) is 5.65 Å². The van der Waals surface area contributed by atoms with Gasteiger partial charge in [0.15, 0.2) is 11.6 Å². The second kappa shape index (κ2) is 10.5. The lowest BCUT2D eigenvalue weighted by Gasteiger charge is -2.23. The number of carbonyl (C=O) groups is 1. The summed E-state index contributed by atoms with van der Waals surface area (Å²) in [6.45, 7) is 6.75. The number of hydrogen-bond acceptors (Lipinski definition) is 5. The first kappa shape index (κ1) is 23.4. The van der Waals surface area contributed by atoms with Crippen LogP contribution < -0.4 is 10.1 Å². The van der Waals surface area contributed by atoms with Gasteiger partial charge in [0.1, 0.15) is 12.6 Å². The Bertz CT molecular complexity index is 1220. The molecule has 34 heavy (non-hydrogen) atoms. The fourth-order valence-electron chi connectivity index (χ4n) is 3.42. The second-order valence-corrected chi connectivity index (χ2v) is 9.18. The van der Waals surface area contributed by atoms with Gasteiger partial charge < -0.3 is 14.8 Å². The van der Waals surface area contributed by atoms with Crippen molar-refractivity contribution in [2.75, 3.05) is 6.61 Å². The minimum Gasteiger partial charge on any atom is -0.485 e. The van der Waals surface area contributed by atoms with Crippen molar-refractivity contribution in [1.29, 1.82) is 0 Å². The predicted octanol–water partition coefficient (Wildman–Crippen LogP) is 4.73. The van der Waals surface area contributed by atoms with Gasteiger partial charge in [0.25, 0.3) is 0 Å². The lowest BCUT2D eigenvalue weighted by Crippen LogP contribution is -2.39. The third-order valence-corrected chi connectivity index (χ3v) is 5.36. The zero-order chi connectivity index (χ0) is 24.0. The molecule has 4 aromatic rings. The largest absolute Gasteiger partial charge is 0.485 e. The van der Waals surface area contributed by atoms with Crippen molar-refractivity contribution in [2.45, 2.75) is 40.0 Å². The molecule has 176 valence electrons. The van der Waals surface area contributed by atoms with E-state index in [1.165, 1.54) is 0 Å². The highest BCUT2D eigenvalue weighted by Gasteiger charge is 2.28. The number of hydrogen-bond donors (Lipinski definition) is 1. The van der Waals surface area contributed by atoms with Gasteiger partial charge in [-0.2, -0.15) is 0 Å². The Kier molecular flexibility index (Phi) is 7.23. The molecule has 0 aliphatic heterocycles. The van der Waals surface area contributed by atoms with Crippen LogP contribution in [0.2, 0.25) is 0 Å². The van der Waals surface area contributed by atoms with Crippen molar-refractivity contribution < 1.29 is 14.3 Å². The normalized spacial score (nSPS) is 12.4. The molecule has 7 nitrogen and oxygen atoms in total. The van der Waals surface area contributed by atoms with E-state index in [1.807, 2.05) is 104 Å². The highest BCUT2D eigenvalue weighted by Crippen LogP contribution is 2.24. The smallest absolute Gasteiger partial charge is 0.226 e. The molecule has 0 saturated heterocycles. The number of fused-ring (bicyclic) bond motifs is 1. The van der Waals surface area contributed by atoms with E-state index in [-0.39, 0.29) is 12.5 Å². The number of rotatable bonds is 9. The van der Waals surface area contributed by atoms with E-state index in [2.05, 4.69) is 15.5 Å². The van der Waals surface area contributed by atoms with Gasteiger partial charge in [-0.3, -0.25) is 9.20 Å². The van der Waals surface area contributed by atoms with Gasteiger partial charge in [-0.05, 0) is 23.3 Å². The van der Waals surface area contributed by atoms with Gasteiger partial charge in [0.2, 0.25) is 11.6 Å². The maximum atomic E-state index is 12.8. The van der Waals surface area contributed by atoms with Gasteiger partial charge in [-0.15, -0.1) is 10.2 Å². The van der Waals surface area contributed by atoms with E-state index in [9.17, 15) is 4.79 Å². The van der Waals surface area contributed by atoms with Gasteiger partial charge in [-0.25, -0.2) is 0 Å². The van der Waals surface area contributed by atoms with E-state index in [0.717, 1.165) is 11.1 Å². The van der Waals surface area contributed by atoms with E-state index in [4.69, 9.17) is 9.47 Å². The minimum atomic E-state index is -0.553. The molecule has 1 N–H and O–H groups in total. The van der Waals surface area contributed by atoms with E-state index in [0.29, 0.717) is 30.4 Å². The van der Waals surface area contributed by atoms with Crippen LogP contribution in [-0.4, -0.2) is 27.1 Å². The Balaban J connectivity index is 1.56. The molecule has 0 unspecified atom stereocenters. The first-order valence-electron chi connectivity index (χ1n) is 11.3. The Morgan fingerprint density at radius 3 is 2.21 bits per heavy atom. The molecule has 1 amide bonds. The summed E-state index contributed by atoms with van der Waals surface area (Å²) < 4.78 is 13.9. The molecule has 1 atom stereocenters. The van der Waals surface area contributed by atoms with Crippen molar-refractivity contribution in [3.05, 3.63) is 95.9 Å². The number of nitrogens with zero attached hydrogens (tertiary/aromatic N) is 3. The standard InChI is InChI=1S/C27H30N4O3/c1-27(2,3)26(32)28-22(19-33-17-20-11-6-4-7-12-20)24-29-30-25-23(15-10-16-31(24)25)34-18-21-13-8-5-9-14-21/h4-16,22H,17-19H2,1-3H3,(H,28,32)/t22-/m1/s1. The minimum absolute atomic E-state index is 0.0888. The van der Waals surface area contributed by atoms with Crippen molar-refractivity contribution in [3.63, 3.8) is 0 Å². The van der Waals surface area contributed by atoms with Crippen LogP contribution in [0.5, 0.6) is 5.75 Å². The SMILES string of the molecule is CC(C)(C)C(=O)N[C@H](COCc1ccccc1)c1nnc2c(OCc3ccccc3)cccn12. The molecule has 0 aliphatic rings. The average Bonchev–Trinajstić information content (AvgIpc) is 3.27. The Hall–Kier alpha value is -3.71. The summed E-state index contributed by atoms with van der Waals surface area (Å²) in [5.41, 5.74) is 2.16. The lowest BCUT2D eigenvalue weighted by molar-refractivity contribution is -0.129. The molecular formula is C27H30N4O3. The molecule has 4 rings (SSSR count). The number of pyridine rings is 1. The van der Waals surface area contributed by atoms with Crippen LogP contribution in [0.3, 0.4) is 0 Å². The molecule has 2 aromatic heterocycles. The number of carbonyl (C=O) groups excluding carboxylic acids is 1. The summed E-state index contributed by atoms with van der Waals surface area (Å²) >= 11 is 0. The summed E-state index contributed by atoms with van der Waals surface area (Å²) in [5, 5.41) is 11.9. The van der Waals surface area contributed by atoms with Gasteiger partial charge in [0, 0.05) is 11.6 Å². The third kappa shape index (κ3) is 5.80. The first-order valence-corrected chi connectivity index (χ1v) is 11.3. The second-order valence-electron chi connectivity index (χ2n) is 9.18. The maximum Gasteiger partial charge on any atom is 0.226 e. The zero-order valence-electron chi connectivity index (χ0n) is 19.8. The molecular weight excluding hydrogens is 428 g/mol. The number of amides is 1. The number of aromatic nitrogens is 3. The molecule has 7 heteroatoms. The topological polar surface area (TPSA) is 77.8 Å². The van der Waals surface area contributed by atoms with E-state index >= 15 is 0 Å². The fourth-order valence-corrected chi connectivity index (χ4v) is 3.42. The molecule has 2 heterocycles. The third-order valence-electron chi connectivity index (χ3n) is 5.36. The van der Waals surface area contributed by atoms with E-state index in [1.54, 1.807) is 0 Å². The molecule has 2 aromatic carbocycles. The summed E-state index contributed by atoms with van der Waals surface area (Å²) in [5.74, 6) is 1.12. The fraction of sp³-hybridized carbons (Fsp3) is 0.296. The lowest BCUT2D eigenvalue weighted by atomic mass is 9.95. The van der Waals surface area contributed by atoms with Gasteiger partial charge in [0.05, 0.1) is 13.2 Å². The average molecular weight is 459 g/mol. The molecule has 0 saturated carbocycles. The van der Waals surface area contributed by atoms with Gasteiger partial charge >= 0.3 is 0 Å². The highest BCUT2D eigenvalue weighted by molar-refractivity contribution is 5.81. The Morgan fingerprint density at radius 1 is 0.912 bits per heavy atom. The monoisotopic (exact) mass is 458 g/mol. The summed E-state index contributed by atoms with van der Waals surface area (Å²) in [6, 6.07) is 23.1. The van der Waals surface area contributed by atoms with Crippen LogP contribution in [0.4, 0.5) is 0 Å². The first-order chi connectivity index (χ1) is 16.4. The van der Waals surface area contributed by atoms with Crippen LogP contribution >= 0.6 is 0 Å². The molecule has 0 bridgehead atoms. The zero-order valence-corrected chi connectivity index (χ0v) is 19.8. The number of ether oxygens (including phenoxy) is 2. The predicted molar refractivity (Wildman–Crippen MR) is 130 cm³/mol. The van der Waals surface area contributed by atoms with Crippen LogP contribution in [0.1, 0.15) is 43.8 Å². The number of benzene rings is 2. The number of nitrogens with one attached hydrogen (secondary N) is 1. The maximum absolute atomic E-state index is 12.8. The van der Waals surface area contributed by atoms with E-state index < -0.39 is 11.5 Å². The summed E-state index contributed by atoms with van der Waals surface area (Å²) in [7, 11) is 0. The summed E-state index contributed by atoms with van der Waals surface area (Å²) in [4.78, 5) is 12.8. The van der Waals surface area contributed by atoms with Crippen molar-refractivity contribution in [1.82, 2.24) is 19.9 Å². The van der Waals surface area contributed by atoms with Crippen LogP contribution in [-0.2, 0) is 22.7 Å². The summed E-state index contributed by atoms with van der Waals surface area (Å²) in [6.07, 6.45) is 1.87. The Labute approximate surface area is 199 Å². The highest BCUT2D eigenvalue weighted by atomic mass is 16.5. The Morgan fingerprint density at radius 2 is 1.56 bits per heavy atom. The van der Waals surface area contributed by atoms with Gasteiger partial charge in [-0.1, -0.05) is 81.4 Å². The quantitative estimate of drug-likeness (QED) is 0.392. The van der Waals surface area contributed by atoms with Crippen LogP contribution in [0.15, 0.2) is 79.0 Å². The molecule has 0 aliphatic carbocycles.